The normalized spacial score (nSPS) is 16.9. The largest absolute Gasteiger partial charge is 0.373 e. The van der Waals surface area contributed by atoms with E-state index in [2.05, 4.69) is 27.5 Å². The summed E-state index contributed by atoms with van der Waals surface area (Å²) in [5, 5.41) is 6.52. The molecule has 1 heterocycles. The molecule has 1 aliphatic carbocycles. The van der Waals surface area contributed by atoms with E-state index in [1.807, 2.05) is 14.0 Å². The average Bonchev–Trinajstić information content (AvgIpc) is 3.08. The van der Waals surface area contributed by atoms with Crippen LogP contribution in [-0.4, -0.2) is 23.6 Å². The molecule has 2 N–H and O–H groups in total. The quantitative estimate of drug-likeness (QED) is 0.800. The molecule has 0 unspecified atom stereocenters. The van der Waals surface area contributed by atoms with Crippen LogP contribution in [0.2, 0.25) is 0 Å². The summed E-state index contributed by atoms with van der Waals surface area (Å²) in [6, 6.07) is 0. The molecule has 0 saturated heterocycles. The van der Waals surface area contributed by atoms with E-state index >= 15 is 0 Å². The molecule has 0 aromatic carbocycles. The highest BCUT2D eigenvalue weighted by molar-refractivity contribution is 5.56. The van der Waals surface area contributed by atoms with Gasteiger partial charge in [0.2, 0.25) is 0 Å². The van der Waals surface area contributed by atoms with Gasteiger partial charge in [0.25, 0.3) is 0 Å². The van der Waals surface area contributed by atoms with Gasteiger partial charge in [0.15, 0.2) is 0 Å². The first-order chi connectivity index (χ1) is 7.71. The Morgan fingerprint density at radius 3 is 2.56 bits per heavy atom. The fraction of sp³-hybridized carbons (Fsp3) is 0.667. The zero-order valence-electron chi connectivity index (χ0n) is 10.3. The molecule has 0 bridgehead atoms. The van der Waals surface area contributed by atoms with Crippen molar-refractivity contribution in [1.29, 1.82) is 0 Å². The number of nitrogens with zero attached hydrogens (tertiary/aromatic N) is 2. The van der Waals surface area contributed by atoms with Gasteiger partial charge in [-0.15, -0.1) is 0 Å². The smallest absolute Gasteiger partial charge is 0.134 e. The van der Waals surface area contributed by atoms with Crippen molar-refractivity contribution in [2.24, 2.45) is 5.41 Å². The Bertz CT molecular complexity index is 371. The fourth-order valence-electron chi connectivity index (χ4n) is 1.98. The summed E-state index contributed by atoms with van der Waals surface area (Å²) < 4.78 is 0. The molecule has 4 nitrogen and oxygen atoms in total. The van der Waals surface area contributed by atoms with E-state index in [-0.39, 0.29) is 0 Å². The number of anilines is 2. The van der Waals surface area contributed by atoms with Crippen molar-refractivity contribution < 1.29 is 0 Å². The van der Waals surface area contributed by atoms with E-state index in [4.69, 9.17) is 0 Å². The summed E-state index contributed by atoms with van der Waals surface area (Å²) in [6.07, 6.45) is 5.55. The SMILES string of the molecule is CCC1(CNc2ncnc(NC)c2C)CC1. The summed E-state index contributed by atoms with van der Waals surface area (Å²) >= 11 is 0. The minimum atomic E-state index is 0.539. The van der Waals surface area contributed by atoms with Gasteiger partial charge in [0.1, 0.15) is 18.0 Å². The van der Waals surface area contributed by atoms with Crippen LogP contribution < -0.4 is 10.6 Å². The maximum atomic E-state index is 4.29. The van der Waals surface area contributed by atoms with Crippen LogP contribution in [0.3, 0.4) is 0 Å². The molecule has 0 amide bonds. The number of rotatable bonds is 5. The third-order valence-electron chi connectivity index (χ3n) is 3.66. The average molecular weight is 220 g/mol. The van der Waals surface area contributed by atoms with E-state index in [9.17, 15) is 0 Å². The van der Waals surface area contributed by atoms with E-state index in [0.717, 1.165) is 23.7 Å². The van der Waals surface area contributed by atoms with Crippen molar-refractivity contribution in [2.45, 2.75) is 33.1 Å². The monoisotopic (exact) mass is 220 g/mol. The molecule has 4 heteroatoms. The molecule has 0 radical (unpaired) electrons. The molecule has 2 rings (SSSR count). The molecule has 0 spiro atoms. The Kier molecular flexibility index (Phi) is 2.99. The van der Waals surface area contributed by atoms with Crippen molar-refractivity contribution in [3.8, 4) is 0 Å². The second-order valence-corrected chi connectivity index (χ2v) is 4.65. The Morgan fingerprint density at radius 1 is 1.31 bits per heavy atom. The van der Waals surface area contributed by atoms with Gasteiger partial charge in [0.05, 0.1) is 0 Å². The van der Waals surface area contributed by atoms with Crippen molar-refractivity contribution in [3.05, 3.63) is 11.9 Å². The number of nitrogens with one attached hydrogen (secondary N) is 2. The molecule has 1 saturated carbocycles. The third-order valence-corrected chi connectivity index (χ3v) is 3.66. The first kappa shape index (κ1) is 11.2. The number of hydrogen-bond donors (Lipinski definition) is 2. The van der Waals surface area contributed by atoms with Crippen LogP contribution >= 0.6 is 0 Å². The maximum absolute atomic E-state index is 4.29. The van der Waals surface area contributed by atoms with Gasteiger partial charge in [-0.2, -0.15) is 0 Å². The van der Waals surface area contributed by atoms with Crippen LogP contribution in [0.1, 0.15) is 31.7 Å². The molecule has 1 aromatic rings. The van der Waals surface area contributed by atoms with Crippen LogP contribution in [0.4, 0.5) is 11.6 Å². The lowest BCUT2D eigenvalue weighted by atomic mass is 10.0. The zero-order valence-corrected chi connectivity index (χ0v) is 10.3. The highest BCUT2D eigenvalue weighted by Gasteiger charge is 2.40. The summed E-state index contributed by atoms with van der Waals surface area (Å²) in [4.78, 5) is 8.47. The Morgan fingerprint density at radius 2 is 2.00 bits per heavy atom. The van der Waals surface area contributed by atoms with Crippen LogP contribution in [0.5, 0.6) is 0 Å². The molecular formula is C12H20N4. The Labute approximate surface area is 96.9 Å². The van der Waals surface area contributed by atoms with Gasteiger partial charge in [0, 0.05) is 19.2 Å². The van der Waals surface area contributed by atoms with Gasteiger partial charge in [-0.25, -0.2) is 9.97 Å². The molecule has 1 aliphatic rings. The minimum absolute atomic E-state index is 0.539. The summed E-state index contributed by atoms with van der Waals surface area (Å²) in [7, 11) is 1.88. The Hall–Kier alpha value is -1.32. The fourth-order valence-corrected chi connectivity index (χ4v) is 1.98. The number of hydrogen-bond acceptors (Lipinski definition) is 4. The van der Waals surface area contributed by atoms with Crippen molar-refractivity contribution >= 4 is 11.6 Å². The second kappa shape index (κ2) is 4.28. The lowest BCUT2D eigenvalue weighted by molar-refractivity contribution is 0.520. The summed E-state index contributed by atoms with van der Waals surface area (Å²) in [5.74, 6) is 1.86. The maximum Gasteiger partial charge on any atom is 0.134 e. The molecular weight excluding hydrogens is 200 g/mol. The van der Waals surface area contributed by atoms with Crippen molar-refractivity contribution in [1.82, 2.24) is 9.97 Å². The molecule has 0 aliphatic heterocycles. The predicted octanol–water partition coefficient (Wildman–Crippen LogP) is 2.43. The van der Waals surface area contributed by atoms with Crippen LogP contribution in [-0.2, 0) is 0 Å². The van der Waals surface area contributed by atoms with Gasteiger partial charge < -0.3 is 10.6 Å². The molecule has 16 heavy (non-hydrogen) atoms. The van der Waals surface area contributed by atoms with E-state index in [1.165, 1.54) is 19.3 Å². The van der Waals surface area contributed by atoms with E-state index in [1.54, 1.807) is 6.33 Å². The standard InChI is InChI=1S/C12H20N4/c1-4-12(5-6-12)7-14-11-9(2)10(13-3)15-8-16-11/h8H,4-7H2,1-3H3,(H2,13,14,15,16). The minimum Gasteiger partial charge on any atom is -0.373 e. The van der Waals surface area contributed by atoms with E-state index < -0.39 is 0 Å². The Balaban J connectivity index is 2.04. The van der Waals surface area contributed by atoms with Crippen LogP contribution in [0.25, 0.3) is 0 Å². The van der Waals surface area contributed by atoms with Gasteiger partial charge in [-0.3, -0.25) is 0 Å². The highest BCUT2D eigenvalue weighted by Crippen LogP contribution is 2.48. The van der Waals surface area contributed by atoms with Crippen molar-refractivity contribution in [2.75, 3.05) is 24.2 Å². The molecule has 1 aromatic heterocycles. The van der Waals surface area contributed by atoms with Gasteiger partial charge >= 0.3 is 0 Å². The van der Waals surface area contributed by atoms with Crippen LogP contribution in [0.15, 0.2) is 6.33 Å². The number of aromatic nitrogens is 2. The van der Waals surface area contributed by atoms with Gasteiger partial charge in [-0.1, -0.05) is 6.92 Å². The second-order valence-electron chi connectivity index (χ2n) is 4.65. The highest BCUT2D eigenvalue weighted by atomic mass is 15.1. The lowest BCUT2D eigenvalue weighted by Crippen LogP contribution is -2.16. The van der Waals surface area contributed by atoms with E-state index in [0.29, 0.717) is 5.41 Å². The van der Waals surface area contributed by atoms with Crippen LogP contribution in [0, 0.1) is 12.3 Å². The van der Waals surface area contributed by atoms with Gasteiger partial charge in [-0.05, 0) is 31.6 Å². The summed E-state index contributed by atoms with van der Waals surface area (Å²) in [5.41, 5.74) is 1.63. The first-order valence-corrected chi connectivity index (χ1v) is 5.94. The topological polar surface area (TPSA) is 49.8 Å². The molecule has 1 fully saturated rings. The summed E-state index contributed by atoms with van der Waals surface area (Å²) in [6.45, 7) is 5.34. The molecule has 0 atom stereocenters. The zero-order chi connectivity index (χ0) is 11.6. The molecule has 88 valence electrons. The van der Waals surface area contributed by atoms with Crippen molar-refractivity contribution in [3.63, 3.8) is 0 Å². The predicted molar refractivity (Wildman–Crippen MR) is 66.8 cm³/mol. The third kappa shape index (κ3) is 2.10. The first-order valence-electron chi connectivity index (χ1n) is 5.94. The lowest BCUT2D eigenvalue weighted by Gasteiger charge is -2.16.